The van der Waals surface area contributed by atoms with Crippen molar-refractivity contribution < 1.29 is 14.0 Å². The molecule has 0 bridgehead atoms. The van der Waals surface area contributed by atoms with E-state index in [9.17, 15) is 5.11 Å². The van der Waals surface area contributed by atoms with Crippen LogP contribution >= 0.6 is 15.9 Å². The van der Waals surface area contributed by atoms with E-state index in [-0.39, 0.29) is 51.9 Å². The molecule has 0 amide bonds. The molecule has 1 N–H and O–H groups in total. The molecule has 34 heavy (non-hydrogen) atoms. The fraction of sp³-hybridized carbons (Fsp3) is 0.786. The van der Waals surface area contributed by atoms with E-state index in [1.807, 2.05) is 6.08 Å². The second-order valence-corrected chi connectivity index (χ2v) is 23.9. The number of fused-ring (bicyclic) bond motifs is 1. The van der Waals surface area contributed by atoms with Gasteiger partial charge in [0, 0.05) is 17.8 Å². The van der Waals surface area contributed by atoms with Crippen LogP contribution in [0.5, 0.6) is 0 Å². The molecule has 2 aliphatic rings. The van der Waals surface area contributed by atoms with Crippen LogP contribution in [0.1, 0.15) is 55.4 Å². The van der Waals surface area contributed by atoms with Gasteiger partial charge >= 0.3 is 0 Å². The van der Waals surface area contributed by atoms with E-state index in [1.54, 1.807) is 6.92 Å². The van der Waals surface area contributed by atoms with Crippen molar-refractivity contribution in [3.63, 3.8) is 0 Å². The van der Waals surface area contributed by atoms with Crippen molar-refractivity contribution in [3.05, 3.63) is 23.2 Å². The van der Waals surface area contributed by atoms with E-state index in [0.717, 1.165) is 4.48 Å². The Morgan fingerprint density at radius 3 is 1.91 bits per heavy atom. The third kappa shape index (κ3) is 5.71. The second kappa shape index (κ2) is 10.3. The molecule has 2 rings (SSSR count). The number of hydrogen-bond donors (Lipinski definition) is 1. The molecule has 0 heterocycles. The van der Waals surface area contributed by atoms with Gasteiger partial charge < -0.3 is 14.0 Å². The van der Waals surface area contributed by atoms with Crippen LogP contribution in [0.25, 0.3) is 0 Å². The highest BCUT2D eigenvalue weighted by atomic mass is 79.9. The van der Waals surface area contributed by atoms with Crippen LogP contribution in [-0.2, 0) is 8.85 Å². The normalized spacial score (nSPS) is 33.5. The summed E-state index contributed by atoms with van der Waals surface area (Å²) in [5, 5.41) is 11.2. The molecule has 1 saturated carbocycles. The van der Waals surface area contributed by atoms with Crippen LogP contribution in [0, 0.1) is 41.4 Å². The average Bonchev–Trinajstić information content (AvgIpc) is 2.90. The van der Waals surface area contributed by atoms with Crippen molar-refractivity contribution in [1.29, 1.82) is 0 Å². The minimum Gasteiger partial charge on any atom is -0.413 e. The Kier molecular flexibility index (Phi) is 9.11. The molecule has 8 atom stereocenters. The van der Waals surface area contributed by atoms with Crippen LogP contribution in [-0.4, -0.2) is 40.1 Å². The minimum atomic E-state index is -2.04. The second-order valence-electron chi connectivity index (χ2n) is 13.4. The lowest BCUT2D eigenvalue weighted by molar-refractivity contribution is 0.0456. The quantitative estimate of drug-likeness (QED) is 0.202. The maximum absolute atomic E-state index is 11.0. The van der Waals surface area contributed by atoms with Crippen molar-refractivity contribution in [2.24, 2.45) is 29.6 Å². The van der Waals surface area contributed by atoms with Gasteiger partial charge in [0.15, 0.2) is 16.6 Å². The van der Waals surface area contributed by atoms with E-state index in [1.165, 1.54) is 0 Å². The topological polar surface area (TPSA) is 38.7 Å². The Morgan fingerprint density at radius 1 is 1.03 bits per heavy atom. The third-order valence-electron chi connectivity index (χ3n) is 9.15. The van der Waals surface area contributed by atoms with Gasteiger partial charge in [-0.2, -0.15) is 0 Å². The Labute approximate surface area is 220 Å². The Morgan fingerprint density at radius 2 is 1.50 bits per heavy atom. The van der Waals surface area contributed by atoms with Crippen LogP contribution < -0.4 is 0 Å². The number of aliphatic hydroxyl groups excluding tert-OH is 1. The first-order valence-corrected chi connectivity index (χ1v) is 19.4. The zero-order valence-corrected chi connectivity index (χ0v) is 27.2. The number of rotatable bonds is 6. The Balaban J connectivity index is 2.63. The smallest absolute Gasteiger partial charge is 0.192 e. The predicted octanol–water partition coefficient (Wildman–Crippen LogP) is 7.74. The molecule has 0 aromatic heterocycles. The number of halogens is 1. The van der Waals surface area contributed by atoms with Gasteiger partial charge in [-0.3, -0.25) is 0 Å². The molecule has 0 aromatic carbocycles. The third-order valence-corrected chi connectivity index (χ3v) is 18.9. The molecule has 3 nitrogen and oxygen atoms in total. The average molecular weight is 570 g/mol. The standard InChI is InChI=1S/C28H49BrO3Si2/c1-14-16-22(30)24-19(15-2)23-20(17-21(24)29)25(31-33(10,11)27(4,5)6)18(3)26(23)32-34(12,13)28(7,8)9/h15,17-20,22-26,30H,2H2,1,3-13H3/t18-,19+,20-,22-,23+,24-,25-,26+/m0/s1. The van der Waals surface area contributed by atoms with E-state index in [0.29, 0.717) is 0 Å². The summed E-state index contributed by atoms with van der Waals surface area (Å²) in [6, 6.07) is 0. The summed E-state index contributed by atoms with van der Waals surface area (Å²) in [4.78, 5) is 0. The van der Waals surface area contributed by atoms with E-state index in [4.69, 9.17) is 8.85 Å². The summed E-state index contributed by atoms with van der Waals surface area (Å²) in [7, 11) is -4.04. The van der Waals surface area contributed by atoms with Gasteiger partial charge in [0.25, 0.3) is 0 Å². The van der Waals surface area contributed by atoms with Gasteiger partial charge in [0.2, 0.25) is 0 Å². The summed E-state index contributed by atoms with van der Waals surface area (Å²) in [5.74, 6) is 6.43. The summed E-state index contributed by atoms with van der Waals surface area (Å²) < 4.78 is 15.4. The monoisotopic (exact) mass is 568 g/mol. The fourth-order valence-corrected chi connectivity index (χ4v) is 8.71. The summed E-state index contributed by atoms with van der Waals surface area (Å²) >= 11 is 3.83. The lowest BCUT2D eigenvalue weighted by atomic mass is 9.69. The van der Waals surface area contributed by atoms with Gasteiger partial charge in [-0.25, -0.2) is 0 Å². The lowest BCUT2D eigenvalue weighted by Crippen LogP contribution is -2.49. The summed E-state index contributed by atoms with van der Waals surface area (Å²) in [5.41, 5.74) is 0. The maximum Gasteiger partial charge on any atom is 0.192 e. The number of allylic oxidation sites excluding steroid dienone is 1. The molecule has 0 saturated heterocycles. The van der Waals surface area contributed by atoms with Gasteiger partial charge in [0.05, 0.1) is 12.2 Å². The molecule has 0 aromatic rings. The Hall–Kier alpha value is -0.166. The van der Waals surface area contributed by atoms with Gasteiger partial charge in [0.1, 0.15) is 6.10 Å². The molecule has 2 aliphatic carbocycles. The van der Waals surface area contributed by atoms with Gasteiger partial charge in [-0.05, 0) is 59.5 Å². The highest BCUT2D eigenvalue weighted by Gasteiger charge is 2.59. The van der Waals surface area contributed by atoms with Crippen molar-refractivity contribution in [2.45, 2.75) is 110 Å². The van der Waals surface area contributed by atoms with Gasteiger partial charge in [-0.15, -0.1) is 12.5 Å². The first-order valence-electron chi connectivity index (χ1n) is 12.8. The maximum atomic E-state index is 11.0. The van der Waals surface area contributed by atoms with Crippen LogP contribution in [0.15, 0.2) is 23.2 Å². The summed E-state index contributed by atoms with van der Waals surface area (Å²) in [6.07, 6.45) is 3.71. The zero-order chi connectivity index (χ0) is 26.4. The van der Waals surface area contributed by atoms with Crippen molar-refractivity contribution >= 4 is 32.6 Å². The van der Waals surface area contributed by atoms with Crippen LogP contribution in [0.4, 0.5) is 0 Å². The Bertz CT molecular complexity index is 840. The van der Waals surface area contributed by atoms with Crippen LogP contribution in [0.3, 0.4) is 0 Å². The fourth-order valence-electron chi connectivity index (χ4n) is 5.03. The highest BCUT2D eigenvalue weighted by Crippen LogP contribution is 2.56. The highest BCUT2D eigenvalue weighted by molar-refractivity contribution is 9.11. The minimum absolute atomic E-state index is 0.0461. The largest absolute Gasteiger partial charge is 0.413 e. The first kappa shape index (κ1) is 30.1. The number of hydrogen-bond acceptors (Lipinski definition) is 3. The van der Waals surface area contributed by atoms with Crippen molar-refractivity contribution in [1.82, 2.24) is 0 Å². The molecule has 0 unspecified atom stereocenters. The van der Waals surface area contributed by atoms with E-state index in [2.05, 4.69) is 115 Å². The van der Waals surface area contributed by atoms with E-state index < -0.39 is 22.7 Å². The molecular formula is C28H49BrO3Si2. The van der Waals surface area contributed by atoms with Gasteiger partial charge in [-0.1, -0.05) is 82.5 Å². The predicted molar refractivity (Wildman–Crippen MR) is 154 cm³/mol. The molecule has 0 radical (unpaired) electrons. The molecule has 1 fully saturated rings. The lowest BCUT2D eigenvalue weighted by Gasteiger charge is -2.45. The molecule has 0 aliphatic heterocycles. The molecule has 0 spiro atoms. The van der Waals surface area contributed by atoms with Crippen LogP contribution in [0.2, 0.25) is 36.3 Å². The first-order chi connectivity index (χ1) is 15.3. The van der Waals surface area contributed by atoms with Crippen molar-refractivity contribution in [3.8, 4) is 11.8 Å². The number of aliphatic hydroxyl groups is 1. The SMILES string of the molecule is C=C[C@H]1[C@H]([C@@H](O)C#CC)C(Br)=C[C@@H]2[C@@H](O[Si](C)(C)C(C)(C)C)[C@H](C)[C@@H](O[Si](C)(C)C(C)(C)C)[C@@H]21. The summed E-state index contributed by atoms with van der Waals surface area (Å²) in [6.45, 7) is 31.5. The molecule has 194 valence electrons. The molecule has 6 heteroatoms. The van der Waals surface area contributed by atoms with Crippen molar-refractivity contribution in [2.75, 3.05) is 0 Å². The molecular weight excluding hydrogens is 520 g/mol. The zero-order valence-electron chi connectivity index (χ0n) is 23.6. The van der Waals surface area contributed by atoms with E-state index >= 15 is 0 Å².